The zero-order valence-electron chi connectivity index (χ0n) is 19.7. The number of benzene rings is 2. The van der Waals surface area contributed by atoms with E-state index in [1.165, 1.54) is 13.3 Å². The van der Waals surface area contributed by atoms with Crippen LogP contribution in [0.1, 0.15) is 48.8 Å². The van der Waals surface area contributed by atoms with Crippen LogP contribution in [-0.2, 0) is 11.2 Å². The second kappa shape index (κ2) is 10.0. The Kier molecular flexibility index (Phi) is 6.52. The van der Waals surface area contributed by atoms with Gasteiger partial charge in [-0.15, -0.1) is 0 Å². The van der Waals surface area contributed by atoms with Crippen molar-refractivity contribution in [3.8, 4) is 11.3 Å². The van der Waals surface area contributed by atoms with E-state index in [0.717, 1.165) is 48.4 Å². The van der Waals surface area contributed by atoms with Crippen LogP contribution < -0.4 is 10.2 Å². The van der Waals surface area contributed by atoms with Gasteiger partial charge < -0.3 is 14.7 Å². The van der Waals surface area contributed by atoms with Gasteiger partial charge in [-0.25, -0.2) is 4.98 Å². The molecule has 0 bridgehead atoms. The maximum absolute atomic E-state index is 12.6. The monoisotopic (exact) mass is 469 g/mol. The third kappa shape index (κ3) is 5.06. The van der Waals surface area contributed by atoms with Crippen LogP contribution in [0.3, 0.4) is 0 Å². The lowest BCUT2D eigenvalue weighted by atomic mass is 10.1. The summed E-state index contributed by atoms with van der Waals surface area (Å²) in [5.41, 5.74) is 3.27. The molecule has 0 saturated carbocycles. The van der Waals surface area contributed by atoms with Gasteiger partial charge in [0, 0.05) is 42.7 Å². The Morgan fingerprint density at radius 1 is 1.00 bits per heavy atom. The van der Waals surface area contributed by atoms with Gasteiger partial charge in [0.1, 0.15) is 22.7 Å². The first-order chi connectivity index (χ1) is 17.1. The number of fused-ring (bicyclic) bond motifs is 1. The number of nitrogens with zero attached hydrogens (tertiary/aromatic N) is 4. The fourth-order valence-corrected chi connectivity index (χ4v) is 4.38. The van der Waals surface area contributed by atoms with Crippen molar-refractivity contribution in [3.05, 3.63) is 66.0 Å². The van der Waals surface area contributed by atoms with Crippen molar-refractivity contribution < 1.29 is 14.1 Å². The van der Waals surface area contributed by atoms with E-state index in [2.05, 4.69) is 20.4 Å². The summed E-state index contributed by atoms with van der Waals surface area (Å²) < 4.78 is 5.65. The largest absolute Gasteiger partial charge is 0.356 e. The fourth-order valence-electron chi connectivity index (χ4n) is 4.38. The minimum absolute atomic E-state index is 0.0463. The number of anilines is 2. The molecule has 0 aliphatic carbocycles. The second-order valence-electron chi connectivity index (χ2n) is 8.77. The van der Waals surface area contributed by atoms with Crippen molar-refractivity contribution in [3.63, 3.8) is 0 Å². The second-order valence-corrected chi connectivity index (χ2v) is 8.77. The molecule has 1 aliphatic heterocycles. The highest BCUT2D eigenvalue weighted by molar-refractivity contribution is 5.98. The molecule has 0 spiro atoms. The Bertz CT molecular complexity index is 1360. The van der Waals surface area contributed by atoms with Crippen LogP contribution in [0.15, 0.2) is 59.1 Å². The summed E-state index contributed by atoms with van der Waals surface area (Å²) in [4.78, 5) is 36.0. The van der Waals surface area contributed by atoms with Gasteiger partial charge in [0.2, 0.25) is 5.91 Å². The highest BCUT2D eigenvalue weighted by Gasteiger charge is 2.24. The molecule has 1 fully saturated rings. The zero-order chi connectivity index (χ0) is 24.2. The van der Waals surface area contributed by atoms with E-state index in [4.69, 9.17) is 9.51 Å². The summed E-state index contributed by atoms with van der Waals surface area (Å²) in [7, 11) is 0. The molecule has 4 aromatic rings. The molecule has 0 radical (unpaired) electrons. The number of aromatic nitrogens is 3. The lowest BCUT2D eigenvalue weighted by molar-refractivity contribution is -0.116. The first-order valence-electron chi connectivity index (χ1n) is 12.0. The van der Waals surface area contributed by atoms with Gasteiger partial charge >= 0.3 is 0 Å². The summed E-state index contributed by atoms with van der Waals surface area (Å²) in [5, 5.41) is 7.99. The van der Waals surface area contributed by atoms with Gasteiger partial charge in [-0.3, -0.25) is 9.59 Å². The molecule has 178 valence electrons. The first-order valence-corrected chi connectivity index (χ1v) is 12.0. The van der Waals surface area contributed by atoms with Crippen LogP contribution in [-0.4, -0.2) is 39.9 Å². The molecule has 5 rings (SSSR count). The summed E-state index contributed by atoms with van der Waals surface area (Å²) in [6.07, 6.45) is 3.98. The van der Waals surface area contributed by atoms with Crippen molar-refractivity contribution in [1.29, 1.82) is 0 Å². The van der Waals surface area contributed by atoms with E-state index < -0.39 is 0 Å². The SMILES string of the molecule is CC(=O)c1cccc(NC(=O)CCc2nc(N3CCCCC3)c3c(-c4ccccc4)noc3n2)c1. The smallest absolute Gasteiger partial charge is 0.263 e. The quantitative estimate of drug-likeness (QED) is 0.378. The number of aryl methyl sites for hydroxylation is 1. The molecule has 1 aliphatic rings. The molecule has 2 aromatic carbocycles. The Hall–Kier alpha value is -4.07. The highest BCUT2D eigenvalue weighted by Crippen LogP contribution is 2.34. The van der Waals surface area contributed by atoms with Gasteiger partial charge in [0.25, 0.3) is 5.71 Å². The third-order valence-electron chi connectivity index (χ3n) is 6.19. The molecule has 8 nitrogen and oxygen atoms in total. The van der Waals surface area contributed by atoms with Gasteiger partial charge in [0.05, 0.1) is 0 Å². The topological polar surface area (TPSA) is 101 Å². The number of hydrogen-bond donors (Lipinski definition) is 1. The Labute approximate surface area is 203 Å². The predicted molar refractivity (Wildman–Crippen MR) is 134 cm³/mol. The molecule has 8 heteroatoms. The summed E-state index contributed by atoms with van der Waals surface area (Å²) in [6.45, 7) is 3.33. The van der Waals surface area contributed by atoms with Crippen LogP contribution in [0.4, 0.5) is 11.5 Å². The van der Waals surface area contributed by atoms with Crippen LogP contribution in [0, 0.1) is 0 Å². The molecular formula is C27H27N5O3. The fraction of sp³-hybridized carbons (Fsp3) is 0.296. The van der Waals surface area contributed by atoms with E-state index in [1.807, 2.05) is 30.3 Å². The van der Waals surface area contributed by atoms with E-state index in [0.29, 0.717) is 29.2 Å². The summed E-state index contributed by atoms with van der Waals surface area (Å²) >= 11 is 0. The van der Waals surface area contributed by atoms with E-state index in [1.54, 1.807) is 24.3 Å². The molecule has 1 N–H and O–H groups in total. The Morgan fingerprint density at radius 3 is 2.57 bits per heavy atom. The maximum atomic E-state index is 12.6. The van der Waals surface area contributed by atoms with Crippen LogP contribution >= 0.6 is 0 Å². The van der Waals surface area contributed by atoms with Crippen molar-refractivity contribution in [2.75, 3.05) is 23.3 Å². The minimum atomic E-state index is -0.170. The lowest BCUT2D eigenvalue weighted by Gasteiger charge is -2.28. The number of piperidine rings is 1. The number of amides is 1. The number of nitrogens with one attached hydrogen (secondary N) is 1. The van der Waals surface area contributed by atoms with E-state index in [9.17, 15) is 9.59 Å². The number of carbonyl (C=O) groups excluding carboxylic acids is 2. The number of carbonyl (C=O) groups is 2. The lowest BCUT2D eigenvalue weighted by Crippen LogP contribution is -2.30. The van der Waals surface area contributed by atoms with Crippen LogP contribution in [0.5, 0.6) is 0 Å². The predicted octanol–water partition coefficient (Wildman–Crippen LogP) is 5.05. The number of ketones is 1. The molecule has 0 unspecified atom stereocenters. The molecule has 3 heterocycles. The Morgan fingerprint density at radius 2 is 1.80 bits per heavy atom. The Balaban J connectivity index is 1.40. The van der Waals surface area contributed by atoms with E-state index >= 15 is 0 Å². The number of rotatable bonds is 7. The van der Waals surface area contributed by atoms with Crippen molar-refractivity contribution >= 4 is 34.3 Å². The summed E-state index contributed by atoms with van der Waals surface area (Å²) in [5.74, 6) is 1.15. The standard InChI is InChI=1S/C27H27N5O3/c1-18(33)20-11-8-12-21(17-20)28-23(34)14-13-22-29-26(32-15-6-3-7-16-32)24-25(31-35-27(24)30-22)19-9-4-2-5-10-19/h2,4-5,8-12,17H,3,6-7,13-16H2,1H3,(H,28,34). The highest BCUT2D eigenvalue weighted by atomic mass is 16.5. The van der Waals surface area contributed by atoms with Gasteiger partial charge in [-0.05, 0) is 38.3 Å². The molecule has 0 atom stereocenters. The number of hydrogen-bond acceptors (Lipinski definition) is 7. The van der Waals surface area contributed by atoms with Gasteiger partial charge in [-0.2, -0.15) is 4.98 Å². The van der Waals surface area contributed by atoms with Gasteiger partial charge in [-0.1, -0.05) is 47.6 Å². The zero-order valence-corrected chi connectivity index (χ0v) is 19.7. The minimum Gasteiger partial charge on any atom is -0.356 e. The maximum Gasteiger partial charge on any atom is 0.263 e. The molecule has 1 amide bonds. The number of Topliss-reactive ketones (excluding diaryl/α,β-unsaturated/α-hetero) is 1. The molecule has 35 heavy (non-hydrogen) atoms. The average molecular weight is 470 g/mol. The normalized spacial score (nSPS) is 13.7. The molecule has 1 saturated heterocycles. The average Bonchev–Trinajstić information content (AvgIpc) is 3.32. The first kappa shape index (κ1) is 22.7. The summed E-state index contributed by atoms with van der Waals surface area (Å²) in [6, 6.07) is 16.8. The third-order valence-corrected chi connectivity index (χ3v) is 6.19. The van der Waals surface area contributed by atoms with Crippen molar-refractivity contribution in [1.82, 2.24) is 15.1 Å². The van der Waals surface area contributed by atoms with Crippen LogP contribution in [0.2, 0.25) is 0 Å². The van der Waals surface area contributed by atoms with Crippen LogP contribution in [0.25, 0.3) is 22.4 Å². The molecular weight excluding hydrogens is 442 g/mol. The molecule has 2 aromatic heterocycles. The van der Waals surface area contributed by atoms with Crippen molar-refractivity contribution in [2.45, 2.75) is 39.0 Å². The van der Waals surface area contributed by atoms with Crippen molar-refractivity contribution in [2.24, 2.45) is 0 Å². The van der Waals surface area contributed by atoms with Gasteiger partial charge in [0.15, 0.2) is 5.78 Å². The van der Waals surface area contributed by atoms with E-state index in [-0.39, 0.29) is 18.1 Å².